The van der Waals surface area contributed by atoms with Crippen LogP contribution in [0.15, 0.2) is 29.1 Å². The predicted octanol–water partition coefficient (Wildman–Crippen LogP) is 16.0. The average molecular weight is 1220 g/mol. The van der Waals surface area contributed by atoms with Gasteiger partial charge in [0.15, 0.2) is 11.5 Å². The molecule has 1 aromatic carbocycles. The number of hydrogen-bond acceptors (Lipinski definition) is 10. The van der Waals surface area contributed by atoms with Gasteiger partial charge in [-0.15, -0.1) is 0 Å². The molecule has 16 heteroatoms. The third-order valence-corrected chi connectivity index (χ3v) is 19.1. The van der Waals surface area contributed by atoms with Crippen LogP contribution in [0.5, 0.6) is 0 Å². The first-order valence-electron chi connectivity index (χ1n) is 35.2. The van der Waals surface area contributed by atoms with Gasteiger partial charge >= 0.3 is 13.3 Å². The molecular formula is C70H131N10O5P. The van der Waals surface area contributed by atoms with E-state index in [0.717, 1.165) is 138 Å². The molecule has 2 aromatic heterocycles. The van der Waals surface area contributed by atoms with Crippen LogP contribution in [0, 0.1) is 47.3 Å². The standard InChI is InChI=1S/C70H131N10O5P/c1-12-13-49-75-69-77-66(71)65-67(78-69)80(70(82)76-65)53-62-37-39-63(40-38-62)68(81)79(51-43-61(11)35-21-33-59(9)31-19-29-57(7)27-17-25-55(4)5)64(42-50-74-45-15-14-44-72-46-22-47-73-48-23-52-86(83,84)85)41-36-60(10)34-20-32-58(8)30-18-28-56(6)26-16-24-54(2)3/h37-40,54-61,64,72-74H,12-36,41-53H2,1-11H3,(H,76,82)(H2,83,84,85)(H3,71,75,77,78). The second-order valence-electron chi connectivity index (χ2n) is 28.0. The minimum atomic E-state index is -3.92. The van der Waals surface area contributed by atoms with Crippen molar-refractivity contribution in [2.75, 3.05) is 69.6 Å². The Kier molecular flexibility index (Phi) is 40.3. The molecule has 1 amide bonds. The van der Waals surface area contributed by atoms with Gasteiger partial charge in [0.05, 0.1) is 12.7 Å². The number of benzene rings is 1. The van der Waals surface area contributed by atoms with Crippen LogP contribution >= 0.6 is 7.60 Å². The maximum absolute atomic E-state index is 15.2. The summed E-state index contributed by atoms with van der Waals surface area (Å²) in [5, 5.41) is 13.9. The SMILES string of the molecule is CCCCNc1nc(N)c2[nH]c(=O)n(Cc3ccc(C(=O)N(CCC(C)CCCC(C)CCCC(C)CCCC(C)C)C(CCNCCCCNCCCNCCCP(=O)(O)O)CCC(C)CCCC(C)CCCC(C)CCCC(C)C)cc3)c2n1. The summed E-state index contributed by atoms with van der Waals surface area (Å²) >= 11 is 0. The lowest BCUT2D eigenvalue weighted by molar-refractivity contribution is 0.0636. The number of fused-ring (bicyclic) bond motifs is 1. The minimum absolute atomic E-state index is 0.0697. The second kappa shape index (κ2) is 45.0. The average Bonchev–Trinajstić information content (AvgIpc) is 1.81. The number of unbranched alkanes of at least 4 members (excludes halogenated alkanes) is 2. The Hall–Kier alpha value is -3.33. The first kappa shape index (κ1) is 76.9. The Balaban J connectivity index is 1.74. The quantitative estimate of drug-likeness (QED) is 0.0196. The van der Waals surface area contributed by atoms with E-state index < -0.39 is 7.60 Å². The van der Waals surface area contributed by atoms with Gasteiger partial charge in [0.1, 0.15) is 5.52 Å². The Morgan fingerprint density at radius 1 is 0.558 bits per heavy atom. The zero-order valence-electron chi connectivity index (χ0n) is 56.8. The lowest BCUT2D eigenvalue weighted by atomic mass is 9.89. The number of carbonyl (C=O) groups excluding carboxylic acids is 1. The van der Waals surface area contributed by atoms with Crippen molar-refractivity contribution >= 4 is 36.4 Å². The van der Waals surface area contributed by atoms with E-state index >= 15 is 4.79 Å². The van der Waals surface area contributed by atoms with E-state index in [1.807, 2.05) is 24.3 Å². The van der Waals surface area contributed by atoms with Gasteiger partial charge in [-0.25, -0.2) is 4.79 Å². The molecule has 0 aliphatic carbocycles. The number of rotatable bonds is 54. The van der Waals surface area contributed by atoms with E-state index in [9.17, 15) is 9.36 Å². The van der Waals surface area contributed by atoms with Crippen molar-refractivity contribution < 1.29 is 19.1 Å². The molecule has 0 bridgehead atoms. The van der Waals surface area contributed by atoms with Crippen molar-refractivity contribution in [3.63, 3.8) is 0 Å². The number of nitrogens with two attached hydrogens (primary N) is 1. The fourth-order valence-electron chi connectivity index (χ4n) is 12.3. The summed E-state index contributed by atoms with van der Waals surface area (Å²) in [6.07, 6.45) is 33.1. The molecule has 0 aliphatic rings. The summed E-state index contributed by atoms with van der Waals surface area (Å²) in [4.78, 5) is 61.0. The molecule has 496 valence electrons. The molecule has 0 saturated heterocycles. The molecule has 0 radical (unpaired) electrons. The maximum Gasteiger partial charge on any atom is 0.328 e. The van der Waals surface area contributed by atoms with Crippen LogP contribution in [0.4, 0.5) is 11.8 Å². The van der Waals surface area contributed by atoms with E-state index in [1.165, 1.54) is 116 Å². The highest BCUT2D eigenvalue weighted by molar-refractivity contribution is 7.51. The molecule has 2 heterocycles. The number of nitrogens with one attached hydrogen (secondary N) is 5. The van der Waals surface area contributed by atoms with E-state index in [0.29, 0.717) is 54.0 Å². The number of aromatic amines is 1. The maximum atomic E-state index is 15.2. The fraction of sp³-hybridized carbons (Fsp3) is 0.829. The number of hydrogen-bond donors (Lipinski definition) is 8. The molecule has 86 heavy (non-hydrogen) atoms. The molecule has 3 rings (SSSR count). The third-order valence-electron chi connectivity index (χ3n) is 18.2. The highest BCUT2D eigenvalue weighted by atomic mass is 31.2. The summed E-state index contributed by atoms with van der Waals surface area (Å²) in [6.45, 7) is 32.9. The Labute approximate surface area is 524 Å². The summed E-state index contributed by atoms with van der Waals surface area (Å²) in [6, 6.07) is 7.98. The van der Waals surface area contributed by atoms with Crippen LogP contribution in [-0.4, -0.2) is 105 Å². The van der Waals surface area contributed by atoms with Crippen molar-refractivity contribution in [1.82, 2.24) is 40.4 Å². The van der Waals surface area contributed by atoms with E-state index in [4.69, 9.17) is 20.5 Å². The third kappa shape index (κ3) is 35.2. The number of imidazole rings is 1. The van der Waals surface area contributed by atoms with Crippen molar-refractivity contribution in [2.45, 2.75) is 269 Å². The lowest BCUT2D eigenvalue weighted by Gasteiger charge is -2.34. The minimum Gasteiger partial charge on any atom is -0.382 e. The summed E-state index contributed by atoms with van der Waals surface area (Å²) in [7, 11) is -3.92. The molecule has 0 spiro atoms. The largest absolute Gasteiger partial charge is 0.382 e. The number of anilines is 2. The van der Waals surface area contributed by atoms with Gasteiger partial charge < -0.3 is 46.7 Å². The second-order valence-corrected chi connectivity index (χ2v) is 29.8. The molecule has 0 fully saturated rings. The normalized spacial score (nSPS) is 14.7. The van der Waals surface area contributed by atoms with E-state index in [-0.39, 0.29) is 36.2 Å². The predicted molar refractivity (Wildman–Crippen MR) is 367 cm³/mol. The van der Waals surface area contributed by atoms with Gasteiger partial charge in [0.2, 0.25) is 5.95 Å². The Bertz CT molecular complexity index is 2300. The van der Waals surface area contributed by atoms with Crippen LogP contribution in [0.3, 0.4) is 0 Å². The van der Waals surface area contributed by atoms with E-state index in [2.05, 4.69) is 112 Å². The molecule has 7 unspecified atom stereocenters. The highest BCUT2D eigenvalue weighted by Crippen LogP contribution is 2.34. The number of amides is 1. The Morgan fingerprint density at radius 3 is 1.50 bits per heavy atom. The zero-order chi connectivity index (χ0) is 63.1. The highest BCUT2D eigenvalue weighted by Gasteiger charge is 2.27. The molecule has 0 saturated carbocycles. The van der Waals surface area contributed by atoms with Gasteiger partial charge in [-0.2, -0.15) is 9.97 Å². The van der Waals surface area contributed by atoms with Crippen LogP contribution in [0.25, 0.3) is 11.2 Å². The van der Waals surface area contributed by atoms with Gasteiger partial charge in [-0.05, 0) is 162 Å². The van der Waals surface area contributed by atoms with Crippen molar-refractivity contribution in [2.24, 2.45) is 47.3 Å². The molecule has 15 nitrogen and oxygen atoms in total. The number of nitrogen functional groups attached to an aromatic ring is 1. The smallest absolute Gasteiger partial charge is 0.328 e. The molecule has 0 aliphatic heterocycles. The number of carbonyl (C=O) groups is 1. The van der Waals surface area contributed by atoms with Crippen molar-refractivity contribution in [1.29, 1.82) is 0 Å². The molecular weight excluding hydrogens is 1090 g/mol. The van der Waals surface area contributed by atoms with Crippen LogP contribution < -0.4 is 32.7 Å². The van der Waals surface area contributed by atoms with Crippen molar-refractivity contribution in [3.05, 3.63) is 45.9 Å². The van der Waals surface area contributed by atoms with Crippen LogP contribution in [0.2, 0.25) is 0 Å². The summed E-state index contributed by atoms with van der Waals surface area (Å²) in [5.41, 5.74) is 8.48. The first-order chi connectivity index (χ1) is 41.1. The Morgan fingerprint density at radius 2 is 1.01 bits per heavy atom. The van der Waals surface area contributed by atoms with Gasteiger partial charge in [-0.1, -0.05) is 210 Å². The molecule has 7 atom stereocenters. The first-order valence-corrected chi connectivity index (χ1v) is 37.0. The van der Waals surface area contributed by atoms with Crippen LogP contribution in [0.1, 0.15) is 272 Å². The van der Waals surface area contributed by atoms with Gasteiger partial charge in [-0.3, -0.25) is 13.9 Å². The summed E-state index contributed by atoms with van der Waals surface area (Å²) < 4.78 is 12.7. The fourth-order valence-corrected chi connectivity index (χ4v) is 12.8. The van der Waals surface area contributed by atoms with Gasteiger partial charge in [0, 0.05) is 24.7 Å². The van der Waals surface area contributed by atoms with Crippen LogP contribution in [-0.2, 0) is 11.1 Å². The zero-order valence-corrected chi connectivity index (χ0v) is 57.7. The topological polar surface area (TPSA) is 216 Å². The number of aromatic nitrogens is 4. The molecule has 9 N–H and O–H groups in total. The molecule has 3 aromatic rings. The summed E-state index contributed by atoms with van der Waals surface area (Å²) in [5.74, 6) is 6.55. The van der Waals surface area contributed by atoms with Crippen molar-refractivity contribution in [3.8, 4) is 0 Å². The monoisotopic (exact) mass is 1220 g/mol. The lowest BCUT2D eigenvalue weighted by Crippen LogP contribution is -2.43. The number of nitrogens with zero attached hydrogens (tertiary/aromatic N) is 4. The number of H-pyrrole nitrogens is 1. The van der Waals surface area contributed by atoms with Gasteiger partial charge in [0.25, 0.3) is 5.91 Å². The van der Waals surface area contributed by atoms with E-state index in [1.54, 1.807) is 4.57 Å².